The summed E-state index contributed by atoms with van der Waals surface area (Å²) in [6.45, 7) is 1.16. The zero-order chi connectivity index (χ0) is 19.1. The predicted octanol–water partition coefficient (Wildman–Crippen LogP) is 2.83. The Morgan fingerprint density at radius 1 is 1.26 bits per heavy atom. The molecule has 1 fully saturated rings. The lowest BCUT2D eigenvalue weighted by Gasteiger charge is -2.11. The molecule has 0 bridgehead atoms. The number of urea groups is 1. The van der Waals surface area contributed by atoms with Crippen LogP contribution in [0.3, 0.4) is 0 Å². The molecule has 2 N–H and O–H groups in total. The maximum Gasteiger partial charge on any atom is 0.414 e. The fourth-order valence-corrected chi connectivity index (χ4v) is 2.50. The van der Waals surface area contributed by atoms with E-state index in [1.807, 2.05) is 24.3 Å². The second kappa shape index (κ2) is 8.63. The summed E-state index contributed by atoms with van der Waals surface area (Å²) < 4.78 is 10.0. The van der Waals surface area contributed by atoms with Crippen LogP contribution < -0.4 is 20.3 Å². The highest BCUT2D eigenvalue weighted by Crippen LogP contribution is 2.19. The van der Waals surface area contributed by atoms with E-state index in [-0.39, 0.29) is 18.7 Å². The summed E-state index contributed by atoms with van der Waals surface area (Å²) in [5.74, 6) is 6.52. The SMILES string of the molecule is COc1cccc(NC(=O)NCC#Cc2ccc(N3CCOC3=O)cc2)c1. The van der Waals surface area contributed by atoms with Gasteiger partial charge < -0.3 is 20.1 Å². The Hall–Kier alpha value is -3.66. The van der Waals surface area contributed by atoms with Gasteiger partial charge in [-0.3, -0.25) is 4.90 Å². The maximum atomic E-state index is 11.9. The van der Waals surface area contributed by atoms with E-state index >= 15 is 0 Å². The zero-order valence-electron chi connectivity index (χ0n) is 14.8. The first-order chi connectivity index (χ1) is 13.2. The van der Waals surface area contributed by atoms with Gasteiger partial charge in [-0.1, -0.05) is 17.9 Å². The molecule has 0 aliphatic carbocycles. The Balaban J connectivity index is 1.48. The highest BCUT2D eigenvalue weighted by molar-refractivity contribution is 5.90. The molecule has 0 radical (unpaired) electrons. The predicted molar refractivity (Wildman–Crippen MR) is 102 cm³/mol. The lowest BCUT2D eigenvalue weighted by molar-refractivity contribution is 0.181. The van der Waals surface area contributed by atoms with Crippen LogP contribution in [0.15, 0.2) is 48.5 Å². The van der Waals surface area contributed by atoms with Crippen LogP contribution in [0.5, 0.6) is 5.75 Å². The highest BCUT2D eigenvalue weighted by Gasteiger charge is 2.23. The van der Waals surface area contributed by atoms with Crippen LogP contribution in [-0.4, -0.2) is 38.9 Å². The van der Waals surface area contributed by atoms with Crippen LogP contribution in [-0.2, 0) is 4.74 Å². The molecule has 1 saturated heterocycles. The second-order valence-corrected chi connectivity index (χ2v) is 5.65. The minimum absolute atomic E-state index is 0.204. The molecule has 0 spiro atoms. The summed E-state index contributed by atoms with van der Waals surface area (Å²) in [5, 5.41) is 5.38. The van der Waals surface area contributed by atoms with Crippen molar-refractivity contribution >= 4 is 23.5 Å². The largest absolute Gasteiger partial charge is 0.497 e. The van der Waals surface area contributed by atoms with Crippen LogP contribution >= 0.6 is 0 Å². The fourth-order valence-electron chi connectivity index (χ4n) is 2.50. The molecule has 2 aromatic carbocycles. The van der Waals surface area contributed by atoms with Crippen LogP contribution in [0.25, 0.3) is 0 Å². The molecule has 0 unspecified atom stereocenters. The van der Waals surface area contributed by atoms with Crippen molar-refractivity contribution in [2.75, 3.05) is 37.0 Å². The monoisotopic (exact) mass is 365 g/mol. The van der Waals surface area contributed by atoms with Crippen molar-refractivity contribution in [1.29, 1.82) is 0 Å². The van der Waals surface area contributed by atoms with E-state index in [2.05, 4.69) is 22.5 Å². The molecule has 1 aliphatic heterocycles. The highest BCUT2D eigenvalue weighted by atomic mass is 16.6. The number of nitrogens with zero attached hydrogens (tertiary/aromatic N) is 1. The van der Waals surface area contributed by atoms with Crippen molar-refractivity contribution in [3.8, 4) is 17.6 Å². The molecule has 138 valence electrons. The molecule has 0 saturated carbocycles. The Kier molecular flexibility index (Phi) is 5.80. The molecule has 3 rings (SSSR count). The van der Waals surface area contributed by atoms with Gasteiger partial charge in [-0.25, -0.2) is 9.59 Å². The van der Waals surface area contributed by atoms with Gasteiger partial charge in [-0.05, 0) is 36.4 Å². The molecule has 27 heavy (non-hydrogen) atoms. The minimum Gasteiger partial charge on any atom is -0.497 e. The Morgan fingerprint density at radius 2 is 2.07 bits per heavy atom. The number of hydrogen-bond acceptors (Lipinski definition) is 4. The number of amides is 3. The van der Waals surface area contributed by atoms with E-state index in [1.54, 1.807) is 36.3 Å². The van der Waals surface area contributed by atoms with Gasteiger partial charge in [0.15, 0.2) is 0 Å². The number of hydrogen-bond donors (Lipinski definition) is 2. The topological polar surface area (TPSA) is 79.9 Å². The number of carbonyl (C=O) groups is 2. The van der Waals surface area contributed by atoms with Gasteiger partial charge in [0.1, 0.15) is 12.4 Å². The number of ether oxygens (including phenoxy) is 2. The van der Waals surface area contributed by atoms with Gasteiger partial charge in [0.05, 0.1) is 20.2 Å². The number of nitrogens with one attached hydrogen (secondary N) is 2. The van der Waals surface area contributed by atoms with Gasteiger partial charge in [0, 0.05) is 23.0 Å². The molecule has 2 aromatic rings. The number of benzene rings is 2. The summed E-state index contributed by atoms with van der Waals surface area (Å²) in [6.07, 6.45) is -0.333. The smallest absolute Gasteiger partial charge is 0.414 e. The molecule has 0 atom stereocenters. The zero-order valence-corrected chi connectivity index (χ0v) is 14.8. The molecule has 1 aliphatic rings. The number of cyclic esters (lactones) is 1. The fraction of sp³-hybridized carbons (Fsp3) is 0.200. The van der Waals surface area contributed by atoms with Crippen molar-refractivity contribution in [3.05, 3.63) is 54.1 Å². The average Bonchev–Trinajstić information content (AvgIpc) is 3.12. The lowest BCUT2D eigenvalue weighted by Crippen LogP contribution is -2.28. The van der Waals surface area contributed by atoms with Crippen molar-refractivity contribution in [2.45, 2.75) is 0 Å². The Bertz CT molecular complexity index is 884. The summed E-state index contributed by atoms with van der Waals surface area (Å²) >= 11 is 0. The van der Waals surface area contributed by atoms with Crippen LogP contribution in [0, 0.1) is 11.8 Å². The second-order valence-electron chi connectivity index (χ2n) is 5.65. The summed E-state index contributed by atoms with van der Waals surface area (Å²) in [4.78, 5) is 25.0. The molecule has 1 heterocycles. The first kappa shape index (κ1) is 18.1. The van der Waals surface area contributed by atoms with Crippen molar-refractivity contribution < 1.29 is 19.1 Å². The number of methoxy groups -OCH3 is 1. The average molecular weight is 365 g/mol. The van der Waals surface area contributed by atoms with Crippen molar-refractivity contribution in [1.82, 2.24) is 5.32 Å². The normalized spacial score (nSPS) is 12.6. The quantitative estimate of drug-likeness (QED) is 0.817. The van der Waals surface area contributed by atoms with Gasteiger partial charge in [-0.2, -0.15) is 0 Å². The third-order valence-electron chi connectivity index (χ3n) is 3.84. The van der Waals surface area contributed by atoms with Crippen molar-refractivity contribution in [3.63, 3.8) is 0 Å². The van der Waals surface area contributed by atoms with Crippen LogP contribution in [0.1, 0.15) is 5.56 Å². The van der Waals surface area contributed by atoms with Gasteiger partial charge >= 0.3 is 12.1 Å². The summed E-state index contributed by atoms with van der Waals surface area (Å²) in [5.41, 5.74) is 2.20. The Morgan fingerprint density at radius 3 is 2.78 bits per heavy atom. The molecule has 3 amide bonds. The van der Waals surface area contributed by atoms with Crippen LogP contribution in [0.2, 0.25) is 0 Å². The maximum absolute atomic E-state index is 11.9. The lowest BCUT2D eigenvalue weighted by atomic mass is 10.2. The summed E-state index contributed by atoms with van der Waals surface area (Å²) in [6, 6.07) is 14.0. The third-order valence-corrected chi connectivity index (χ3v) is 3.84. The van der Waals surface area contributed by atoms with Gasteiger partial charge in [0.25, 0.3) is 0 Å². The van der Waals surface area contributed by atoms with Crippen LogP contribution in [0.4, 0.5) is 21.0 Å². The van der Waals surface area contributed by atoms with Gasteiger partial charge in [-0.15, -0.1) is 0 Å². The standard InChI is InChI=1S/C20H19N3O4/c1-26-18-6-2-5-16(14-18)22-19(24)21-11-3-4-15-7-9-17(10-8-15)23-12-13-27-20(23)25/h2,5-10,14H,11-13H2,1H3,(H2,21,22,24). The molecular weight excluding hydrogens is 346 g/mol. The molecule has 7 heteroatoms. The minimum atomic E-state index is -0.347. The molecular formula is C20H19N3O4. The van der Waals surface area contributed by atoms with E-state index in [0.29, 0.717) is 24.6 Å². The molecule has 7 nitrogen and oxygen atoms in total. The van der Waals surface area contributed by atoms with E-state index in [0.717, 1.165) is 11.3 Å². The van der Waals surface area contributed by atoms with E-state index < -0.39 is 0 Å². The number of rotatable bonds is 4. The number of carbonyl (C=O) groups excluding carboxylic acids is 2. The molecule has 0 aromatic heterocycles. The van der Waals surface area contributed by atoms with E-state index in [9.17, 15) is 9.59 Å². The third kappa shape index (κ3) is 4.92. The summed E-state index contributed by atoms with van der Waals surface area (Å²) in [7, 11) is 1.57. The Labute approximate surface area is 157 Å². The van der Waals surface area contributed by atoms with E-state index in [1.165, 1.54) is 0 Å². The van der Waals surface area contributed by atoms with Gasteiger partial charge in [0.2, 0.25) is 0 Å². The first-order valence-electron chi connectivity index (χ1n) is 8.38. The van der Waals surface area contributed by atoms with Crippen molar-refractivity contribution in [2.24, 2.45) is 0 Å². The number of anilines is 2. The first-order valence-corrected chi connectivity index (χ1v) is 8.38. The van der Waals surface area contributed by atoms with E-state index in [4.69, 9.17) is 9.47 Å².